The van der Waals surface area contributed by atoms with E-state index in [0.29, 0.717) is 6.10 Å². The van der Waals surface area contributed by atoms with E-state index >= 15 is 0 Å². The highest BCUT2D eigenvalue weighted by molar-refractivity contribution is 14.1. The molecule has 2 aliphatic rings. The minimum Gasteiger partial charge on any atom is -0.375 e. The van der Waals surface area contributed by atoms with Crippen LogP contribution < -0.4 is 0 Å². The molecule has 2 heterocycles. The van der Waals surface area contributed by atoms with Gasteiger partial charge in [-0.2, -0.15) is 0 Å². The van der Waals surface area contributed by atoms with Gasteiger partial charge in [0.1, 0.15) is 5.60 Å². The summed E-state index contributed by atoms with van der Waals surface area (Å²) in [6.45, 7) is 1.83. The number of halogens is 1. The Labute approximate surface area is 80.8 Å². The second kappa shape index (κ2) is 3.18. The summed E-state index contributed by atoms with van der Waals surface area (Å²) in [5, 5.41) is 0. The molecule has 2 unspecified atom stereocenters. The van der Waals surface area contributed by atoms with Crippen LogP contribution in [0.4, 0.5) is 0 Å². The second-order valence-corrected chi connectivity index (χ2v) is 4.06. The Balaban J connectivity index is 2.12. The van der Waals surface area contributed by atoms with Gasteiger partial charge in [-0.05, 0) is 12.8 Å². The van der Waals surface area contributed by atoms with E-state index in [1.807, 2.05) is 0 Å². The van der Waals surface area contributed by atoms with Gasteiger partial charge in [0.15, 0.2) is 0 Å². The molecule has 2 atom stereocenters. The Morgan fingerprint density at radius 2 is 2.36 bits per heavy atom. The fourth-order valence-electron chi connectivity index (χ4n) is 1.93. The number of alkyl halides is 1. The lowest BCUT2D eigenvalue weighted by atomic mass is 9.92. The average Bonchev–Trinajstić information content (AvgIpc) is 2.48. The molecule has 0 N–H and O–H groups in total. The van der Waals surface area contributed by atoms with Crippen molar-refractivity contribution in [3.05, 3.63) is 0 Å². The van der Waals surface area contributed by atoms with Gasteiger partial charge in [-0.1, -0.05) is 22.6 Å². The summed E-state index contributed by atoms with van der Waals surface area (Å²) in [7, 11) is 0. The van der Waals surface area contributed by atoms with Crippen molar-refractivity contribution >= 4 is 22.6 Å². The topological polar surface area (TPSA) is 18.5 Å². The van der Waals surface area contributed by atoms with Gasteiger partial charge >= 0.3 is 0 Å². The summed E-state index contributed by atoms with van der Waals surface area (Å²) >= 11 is 2.41. The zero-order valence-electron chi connectivity index (χ0n) is 6.51. The zero-order valence-corrected chi connectivity index (χ0v) is 8.67. The molecule has 0 aromatic carbocycles. The van der Waals surface area contributed by atoms with E-state index in [1.165, 1.54) is 12.8 Å². The highest BCUT2D eigenvalue weighted by atomic mass is 127. The SMILES string of the molecule is ICC12CCOC1CCCO2. The lowest BCUT2D eigenvalue weighted by Gasteiger charge is -2.36. The van der Waals surface area contributed by atoms with E-state index in [9.17, 15) is 0 Å². The molecule has 0 spiro atoms. The molecule has 0 aliphatic carbocycles. The third-order valence-corrected chi connectivity index (χ3v) is 3.95. The van der Waals surface area contributed by atoms with Crippen molar-refractivity contribution in [3.8, 4) is 0 Å². The van der Waals surface area contributed by atoms with Crippen LogP contribution in [0.15, 0.2) is 0 Å². The third kappa shape index (κ3) is 1.31. The molecule has 2 saturated heterocycles. The summed E-state index contributed by atoms with van der Waals surface area (Å²) in [5.41, 5.74) is 0.0960. The van der Waals surface area contributed by atoms with Gasteiger partial charge in [0, 0.05) is 24.1 Å². The van der Waals surface area contributed by atoms with Crippen LogP contribution in [0.3, 0.4) is 0 Å². The fraction of sp³-hybridized carbons (Fsp3) is 1.00. The Morgan fingerprint density at radius 1 is 1.45 bits per heavy atom. The van der Waals surface area contributed by atoms with Crippen LogP contribution in [-0.4, -0.2) is 29.3 Å². The zero-order chi connectivity index (χ0) is 7.73. The van der Waals surface area contributed by atoms with Crippen LogP contribution in [-0.2, 0) is 9.47 Å². The van der Waals surface area contributed by atoms with E-state index in [2.05, 4.69) is 22.6 Å². The smallest absolute Gasteiger partial charge is 0.105 e. The summed E-state index contributed by atoms with van der Waals surface area (Å²) in [6, 6.07) is 0. The van der Waals surface area contributed by atoms with Gasteiger partial charge in [0.05, 0.1) is 6.10 Å². The molecule has 2 aliphatic heterocycles. The van der Waals surface area contributed by atoms with E-state index in [1.54, 1.807) is 0 Å². The molecule has 2 rings (SSSR count). The second-order valence-electron chi connectivity index (χ2n) is 3.30. The molecule has 0 radical (unpaired) electrons. The van der Waals surface area contributed by atoms with Crippen molar-refractivity contribution in [1.82, 2.24) is 0 Å². The number of hydrogen-bond donors (Lipinski definition) is 0. The molecule has 0 aromatic heterocycles. The molecule has 0 amide bonds. The first-order valence-electron chi connectivity index (χ1n) is 4.19. The summed E-state index contributed by atoms with van der Waals surface area (Å²) in [5.74, 6) is 0. The Kier molecular flexibility index (Phi) is 2.39. The first-order valence-corrected chi connectivity index (χ1v) is 5.71. The Bertz CT molecular complexity index is 151. The maximum Gasteiger partial charge on any atom is 0.105 e. The normalized spacial score (nSPS) is 43.9. The molecule has 0 aromatic rings. The van der Waals surface area contributed by atoms with Gasteiger partial charge in [0.25, 0.3) is 0 Å². The summed E-state index contributed by atoms with van der Waals surface area (Å²) in [6.07, 6.45) is 3.86. The van der Waals surface area contributed by atoms with E-state index < -0.39 is 0 Å². The van der Waals surface area contributed by atoms with Crippen molar-refractivity contribution in [1.29, 1.82) is 0 Å². The Morgan fingerprint density at radius 3 is 3.09 bits per heavy atom. The van der Waals surface area contributed by atoms with Gasteiger partial charge in [-0.25, -0.2) is 0 Å². The predicted molar refractivity (Wildman–Crippen MR) is 51.2 cm³/mol. The van der Waals surface area contributed by atoms with Crippen molar-refractivity contribution in [2.45, 2.75) is 31.0 Å². The van der Waals surface area contributed by atoms with Crippen molar-refractivity contribution in [2.24, 2.45) is 0 Å². The fourth-order valence-corrected chi connectivity index (χ4v) is 3.03. The van der Waals surface area contributed by atoms with Crippen LogP contribution in [0.5, 0.6) is 0 Å². The van der Waals surface area contributed by atoms with Crippen molar-refractivity contribution < 1.29 is 9.47 Å². The average molecular weight is 268 g/mol. The number of fused-ring (bicyclic) bond motifs is 1. The molecule has 2 fully saturated rings. The third-order valence-electron chi connectivity index (χ3n) is 2.66. The van der Waals surface area contributed by atoms with Crippen LogP contribution in [0.1, 0.15) is 19.3 Å². The molecular weight excluding hydrogens is 255 g/mol. The largest absolute Gasteiger partial charge is 0.375 e. The maximum atomic E-state index is 5.81. The van der Waals surface area contributed by atoms with Crippen LogP contribution in [0.2, 0.25) is 0 Å². The number of hydrogen-bond acceptors (Lipinski definition) is 2. The predicted octanol–water partition coefficient (Wildman–Crippen LogP) is 1.76. The van der Waals surface area contributed by atoms with E-state index in [0.717, 1.165) is 24.1 Å². The monoisotopic (exact) mass is 268 g/mol. The summed E-state index contributed by atoms with van der Waals surface area (Å²) in [4.78, 5) is 0. The van der Waals surface area contributed by atoms with Crippen molar-refractivity contribution in [2.75, 3.05) is 17.6 Å². The van der Waals surface area contributed by atoms with E-state index in [-0.39, 0.29) is 5.60 Å². The molecule has 2 nitrogen and oxygen atoms in total. The molecule has 0 bridgehead atoms. The lowest BCUT2D eigenvalue weighted by molar-refractivity contribution is -0.107. The van der Waals surface area contributed by atoms with Crippen molar-refractivity contribution in [3.63, 3.8) is 0 Å². The van der Waals surface area contributed by atoms with Gasteiger partial charge in [-0.3, -0.25) is 0 Å². The molecule has 11 heavy (non-hydrogen) atoms. The van der Waals surface area contributed by atoms with Crippen LogP contribution >= 0.6 is 22.6 Å². The lowest BCUT2D eigenvalue weighted by Crippen LogP contribution is -2.46. The standard InChI is InChI=1S/C8H13IO2/c9-6-8-3-5-10-7(8)2-1-4-11-8/h7H,1-6H2. The number of ether oxygens (including phenoxy) is 2. The first kappa shape index (κ1) is 8.26. The van der Waals surface area contributed by atoms with Gasteiger partial charge in [0.2, 0.25) is 0 Å². The molecule has 3 heteroatoms. The quantitative estimate of drug-likeness (QED) is 0.533. The van der Waals surface area contributed by atoms with E-state index in [4.69, 9.17) is 9.47 Å². The highest BCUT2D eigenvalue weighted by Gasteiger charge is 2.45. The minimum absolute atomic E-state index is 0.0960. The Hall–Kier alpha value is 0.650. The van der Waals surface area contributed by atoms with Crippen LogP contribution in [0.25, 0.3) is 0 Å². The highest BCUT2D eigenvalue weighted by Crippen LogP contribution is 2.37. The van der Waals surface area contributed by atoms with Crippen LogP contribution in [0, 0.1) is 0 Å². The number of rotatable bonds is 1. The molecule has 0 saturated carbocycles. The van der Waals surface area contributed by atoms with Gasteiger partial charge in [-0.15, -0.1) is 0 Å². The first-order chi connectivity index (χ1) is 5.37. The molecular formula is C8H13IO2. The molecule has 64 valence electrons. The maximum absolute atomic E-state index is 5.81. The summed E-state index contributed by atoms with van der Waals surface area (Å²) < 4.78 is 12.5. The minimum atomic E-state index is 0.0960. The van der Waals surface area contributed by atoms with Gasteiger partial charge < -0.3 is 9.47 Å².